The molecule has 0 aromatic rings. The van der Waals surface area contributed by atoms with Gasteiger partial charge < -0.3 is 0 Å². The van der Waals surface area contributed by atoms with E-state index < -0.39 is 8.80 Å². The number of allylic oxidation sites excluding steroid dienone is 2. The number of rotatable bonds is 8. The van der Waals surface area contributed by atoms with Gasteiger partial charge in [0.25, 0.3) is 0 Å². The molecule has 95 valence electrons. The van der Waals surface area contributed by atoms with Crippen LogP contribution in [0.4, 0.5) is 0 Å². The molecule has 0 heterocycles. The second-order valence-electron chi connectivity index (χ2n) is 5.22. The van der Waals surface area contributed by atoms with E-state index in [0.717, 1.165) is 13.0 Å². The maximum absolute atomic E-state index is 6.10. The van der Waals surface area contributed by atoms with E-state index in [4.69, 9.17) is 4.74 Å². The molecule has 1 atom stereocenters. The van der Waals surface area contributed by atoms with Crippen molar-refractivity contribution < 1.29 is 25.2 Å². The monoisotopic (exact) mass is 285 g/mol. The molecule has 0 amide bonds. The zero-order chi connectivity index (χ0) is 12.7. The Hall–Kier alpha value is 0.371. The first-order valence-electron chi connectivity index (χ1n) is 6.88. The van der Waals surface area contributed by atoms with E-state index in [1.807, 2.05) is 0 Å². The van der Waals surface area contributed by atoms with Gasteiger partial charge in [-0.25, -0.2) is 0 Å². The summed E-state index contributed by atoms with van der Waals surface area (Å²) in [5, 5.41) is 0. The molecule has 0 N–H and O–H groups in total. The molecule has 0 aromatic heterocycles. The zero-order valence-corrected chi connectivity index (χ0v) is 14.2. The van der Waals surface area contributed by atoms with Crippen LogP contribution < -0.4 is 0 Å². The van der Waals surface area contributed by atoms with E-state index in [9.17, 15) is 0 Å². The Morgan fingerprint density at radius 1 is 1.47 bits per heavy atom. The van der Waals surface area contributed by atoms with Crippen LogP contribution in [0.1, 0.15) is 32.6 Å². The van der Waals surface area contributed by atoms with Gasteiger partial charge in [0.1, 0.15) is 0 Å². The first-order valence-corrected chi connectivity index (χ1v) is 10.8. The van der Waals surface area contributed by atoms with Crippen molar-refractivity contribution in [1.82, 2.24) is 0 Å². The van der Waals surface area contributed by atoms with Gasteiger partial charge in [-0.05, 0) is 0 Å². The summed E-state index contributed by atoms with van der Waals surface area (Å²) in [6.45, 7) is 7.99. The first kappa shape index (κ1) is 15.4. The molecule has 0 aromatic carbocycles. The standard InChI is InChI=1S/C14H25OSi.Ti/c1-4-5-11-15-14(10-12-16(2)3)13-8-6-7-9-13;/h6,8,14,16H,4-5,7,10-12H2,1-3H3;. The average Bonchev–Trinajstić information content (AvgIpc) is 2.69. The molecule has 0 saturated heterocycles. The van der Waals surface area contributed by atoms with Gasteiger partial charge >= 0.3 is 120 Å². The van der Waals surface area contributed by atoms with Gasteiger partial charge in [0, 0.05) is 0 Å². The van der Waals surface area contributed by atoms with E-state index in [-0.39, 0.29) is 0 Å². The van der Waals surface area contributed by atoms with Crippen molar-refractivity contribution in [3.8, 4) is 0 Å². The van der Waals surface area contributed by atoms with Crippen LogP contribution in [0, 0.1) is 0 Å². The van der Waals surface area contributed by atoms with Crippen molar-refractivity contribution in [2.24, 2.45) is 0 Å². The fourth-order valence-corrected chi connectivity index (χ4v) is 3.54. The van der Waals surface area contributed by atoms with E-state index in [1.165, 1.54) is 34.8 Å². The molecule has 0 spiro atoms. The zero-order valence-electron chi connectivity index (χ0n) is 11.5. The molecule has 17 heavy (non-hydrogen) atoms. The Bertz CT molecular complexity index is 284. The molecule has 3 heteroatoms. The molecular formula is C14H25OSiTi. The summed E-state index contributed by atoms with van der Waals surface area (Å²) >= 11 is 2.25. The van der Waals surface area contributed by atoms with Crippen molar-refractivity contribution >= 4 is 8.80 Å². The Labute approximate surface area is 120 Å². The second-order valence-corrected chi connectivity index (χ2v) is 9.53. The van der Waals surface area contributed by atoms with Crippen molar-refractivity contribution in [1.29, 1.82) is 0 Å². The fourth-order valence-electron chi connectivity index (χ4n) is 2.01. The van der Waals surface area contributed by atoms with Gasteiger partial charge in [-0.3, -0.25) is 0 Å². The second kappa shape index (κ2) is 8.47. The number of unbranched alkanes of at least 4 members (excludes halogenated alkanes) is 1. The van der Waals surface area contributed by atoms with E-state index in [1.54, 1.807) is 0 Å². The van der Waals surface area contributed by atoms with Crippen LogP contribution in [0.15, 0.2) is 21.6 Å². The molecule has 0 bridgehead atoms. The molecular weight excluding hydrogens is 260 g/mol. The van der Waals surface area contributed by atoms with Crippen LogP contribution in [0.25, 0.3) is 0 Å². The maximum atomic E-state index is 6.10. The first-order chi connectivity index (χ1) is 8.15. The predicted octanol–water partition coefficient (Wildman–Crippen LogP) is 3.81. The number of ether oxygens (including phenoxy) is 1. The number of hydrogen-bond acceptors (Lipinski definition) is 1. The van der Waals surface area contributed by atoms with Crippen LogP contribution in [0.3, 0.4) is 0 Å². The third-order valence-electron chi connectivity index (χ3n) is 3.14. The van der Waals surface area contributed by atoms with Crippen molar-refractivity contribution in [3.63, 3.8) is 0 Å². The molecule has 0 saturated carbocycles. The average molecular weight is 285 g/mol. The third-order valence-corrected chi connectivity index (χ3v) is 5.40. The van der Waals surface area contributed by atoms with Crippen LogP contribution in [-0.4, -0.2) is 21.5 Å². The summed E-state index contributed by atoms with van der Waals surface area (Å²) in [5.41, 5.74) is 1.47. The van der Waals surface area contributed by atoms with Gasteiger partial charge in [-0.15, -0.1) is 0 Å². The molecule has 1 rings (SSSR count). The summed E-state index contributed by atoms with van der Waals surface area (Å²) in [7, 11) is -0.458. The minimum absolute atomic E-state index is 0.371. The Kier molecular flexibility index (Phi) is 7.69. The van der Waals surface area contributed by atoms with Crippen LogP contribution >= 0.6 is 0 Å². The fraction of sp³-hybridized carbons (Fsp3) is 0.714. The normalized spacial score (nSPS) is 17.1. The molecule has 1 aliphatic rings. The van der Waals surface area contributed by atoms with Crippen molar-refractivity contribution in [2.75, 3.05) is 6.61 Å². The molecule has 1 unspecified atom stereocenters. The predicted molar refractivity (Wildman–Crippen MR) is 73.7 cm³/mol. The third kappa shape index (κ3) is 5.69. The minimum atomic E-state index is -0.458. The van der Waals surface area contributed by atoms with E-state index >= 15 is 0 Å². The topological polar surface area (TPSA) is 9.23 Å². The summed E-state index contributed by atoms with van der Waals surface area (Å²) in [6.07, 6.45) is 9.69. The van der Waals surface area contributed by atoms with Gasteiger partial charge in [0.2, 0.25) is 0 Å². The summed E-state index contributed by atoms with van der Waals surface area (Å²) in [6, 6.07) is 1.39. The Morgan fingerprint density at radius 3 is 2.76 bits per heavy atom. The van der Waals surface area contributed by atoms with E-state index in [2.05, 4.69) is 52.6 Å². The van der Waals surface area contributed by atoms with Gasteiger partial charge in [0.15, 0.2) is 0 Å². The van der Waals surface area contributed by atoms with Gasteiger partial charge in [-0.1, -0.05) is 0 Å². The van der Waals surface area contributed by atoms with Gasteiger partial charge in [0.05, 0.1) is 0 Å². The summed E-state index contributed by atoms with van der Waals surface area (Å²) in [5.74, 6) is 0. The molecule has 0 fully saturated rings. The van der Waals surface area contributed by atoms with E-state index in [0.29, 0.717) is 6.10 Å². The molecule has 0 aliphatic heterocycles. The van der Waals surface area contributed by atoms with Crippen LogP contribution in [0.2, 0.25) is 19.1 Å². The van der Waals surface area contributed by atoms with Gasteiger partial charge in [-0.2, -0.15) is 0 Å². The quantitative estimate of drug-likeness (QED) is 0.487. The molecule has 1 nitrogen and oxygen atoms in total. The summed E-state index contributed by atoms with van der Waals surface area (Å²) < 4.78 is 7.61. The molecule has 1 aliphatic carbocycles. The van der Waals surface area contributed by atoms with Crippen LogP contribution in [0.5, 0.6) is 0 Å². The van der Waals surface area contributed by atoms with Crippen molar-refractivity contribution in [3.05, 3.63) is 21.6 Å². The molecule has 0 radical (unpaired) electrons. The van der Waals surface area contributed by atoms with Crippen molar-refractivity contribution in [2.45, 2.75) is 57.8 Å². The Balaban J connectivity index is 2.52. The van der Waals surface area contributed by atoms with Crippen LogP contribution in [-0.2, 0) is 25.2 Å². The SMILES string of the molecule is CCCCOC(CC[SiH](C)C)C1=[C]([Ti])CC=C1. The number of hydrogen-bond donors (Lipinski definition) is 0. The Morgan fingerprint density at radius 2 is 2.24 bits per heavy atom. The summed E-state index contributed by atoms with van der Waals surface area (Å²) in [4.78, 5) is 0.